The zero-order chi connectivity index (χ0) is 9.42. The topological polar surface area (TPSA) is 17.8 Å². The second-order valence-electron chi connectivity index (χ2n) is 2.82. The third-order valence-corrected chi connectivity index (χ3v) is 2.84. The van der Waals surface area contributed by atoms with E-state index in [2.05, 4.69) is 47.5 Å². The minimum Gasteiger partial charge on any atom is -0.329 e. The summed E-state index contributed by atoms with van der Waals surface area (Å²) >= 11 is 6.89. The van der Waals surface area contributed by atoms with Gasteiger partial charge < -0.3 is 4.57 Å². The quantitative estimate of drug-likeness (QED) is 0.739. The second-order valence-corrected chi connectivity index (χ2v) is 5.88. The predicted octanol–water partition coefficient (Wildman–Crippen LogP) is 3.36. The largest absolute Gasteiger partial charge is 0.329 e. The molecule has 0 amide bonds. The van der Waals surface area contributed by atoms with E-state index >= 15 is 0 Å². The number of halogens is 2. The van der Waals surface area contributed by atoms with E-state index in [-0.39, 0.29) is 3.74 Å². The molecule has 2 aromatic rings. The van der Waals surface area contributed by atoms with Gasteiger partial charge in [0.25, 0.3) is 0 Å². The minimum absolute atomic E-state index is 0.109. The molecule has 13 heavy (non-hydrogen) atoms. The van der Waals surface area contributed by atoms with E-state index in [0.29, 0.717) is 0 Å². The molecule has 1 aromatic carbocycles. The molecule has 0 saturated heterocycles. The molecule has 0 saturated carbocycles. The lowest BCUT2D eigenvalue weighted by molar-refractivity contribution is 0.877. The normalized spacial score (nSPS) is 11.4. The molecule has 68 valence electrons. The molecule has 0 unspecified atom stereocenters. The van der Waals surface area contributed by atoms with E-state index in [4.69, 9.17) is 0 Å². The summed E-state index contributed by atoms with van der Waals surface area (Å²) in [4.78, 5) is 4.48. The first-order valence-electron chi connectivity index (χ1n) is 3.89. The van der Waals surface area contributed by atoms with Crippen molar-refractivity contribution in [2.45, 2.75) is 3.74 Å². The fraction of sp³-hybridized carbons (Fsp3) is 0.222. The van der Waals surface area contributed by atoms with Crippen LogP contribution in [0.3, 0.4) is 0 Å². The number of nitrogens with zero attached hydrogens (tertiary/aromatic N) is 2. The standard InChI is InChI=1S/C9H8Br2N2/c1-13-7-5-3-2-4-6(7)12-9(13)8(10)11/h2-5,8H,1H3. The first-order chi connectivity index (χ1) is 6.20. The van der Waals surface area contributed by atoms with Crippen LogP contribution in [-0.4, -0.2) is 9.55 Å². The first kappa shape index (κ1) is 9.21. The van der Waals surface area contributed by atoms with Gasteiger partial charge in [-0.3, -0.25) is 0 Å². The smallest absolute Gasteiger partial charge is 0.134 e. The van der Waals surface area contributed by atoms with Crippen LogP contribution in [0.4, 0.5) is 0 Å². The van der Waals surface area contributed by atoms with Gasteiger partial charge in [0.1, 0.15) is 9.56 Å². The Morgan fingerprint density at radius 2 is 2.00 bits per heavy atom. The second kappa shape index (κ2) is 3.42. The van der Waals surface area contributed by atoms with Crippen molar-refractivity contribution in [1.29, 1.82) is 0 Å². The molecule has 0 aliphatic carbocycles. The fourth-order valence-corrected chi connectivity index (χ4v) is 2.18. The Balaban J connectivity index is 2.74. The molecule has 0 N–H and O–H groups in total. The molecule has 0 fully saturated rings. The van der Waals surface area contributed by atoms with Crippen LogP contribution in [0, 0.1) is 0 Å². The SMILES string of the molecule is Cn1c(C(Br)Br)nc2ccccc21. The van der Waals surface area contributed by atoms with Crippen molar-refractivity contribution < 1.29 is 0 Å². The molecule has 2 nitrogen and oxygen atoms in total. The van der Waals surface area contributed by atoms with Gasteiger partial charge >= 0.3 is 0 Å². The highest BCUT2D eigenvalue weighted by Gasteiger charge is 2.11. The highest BCUT2D eigenvalue weighted by molar-refractivity contribution is 9.24. The molecular formula is C9H8Br2N2. The zero-order valence-corrected chi connectivity index (χ0v) is 10.2. The maximum absolute atomic E-state index is 4.48. The van der Waals surface area contributed by atoms with E-state index in [1.54, 1.807) is 0 Å². The highest BCUT2D eigenvalue weighted by Crippen LogP contribution is 2.30. The number of benzene rings is 1. The van der Waals surface area contributed by atoms with Gasteiger partial charge in [-0.2, -0.15) is 0 Å². The van der Waals surface area contributed by atoms with E-state index in [0.717, 1.165) is 16.9 Å². The molecule has 0 radical (unpaired) electrons. The van der Waals surface area contributed by atoms with E-state index in [1.165, 1.54) is 0 Å². The van der Waals surface area contributed by atoms with Gasteiger partial charge in [0.2, 0.25) is 0 Å². The minimum atomic E-state index is 0.109. The average Bonchev–Trinajstić information content (AvgIpc) is 2.45. The number of aromatic nitrogens is 2. The number of para-hydroxylation sites is 2. The summed E-state index contributed by atoms with van der Waals surface area (Å²) in [5.74, 6) is 0.987. The van der Waals surface area contributed by atoms with E-state index < -0.39 is 0 Å². The number of imidazole rings is 1. The lowest BCUT2D eigenvalue weighted by atomic mass is 10.3. The summed E-state index contributed by atoms with van der Waals surface area (Å²) in [6.07, 6.45) is 0. The van der Waals surface area contributed by atoms with Crippen LogP contribution >= 0.6 is 31.9 Å². The van der Waals surface area contributed by atoms with Crippen molar-refractivity contribution in [3.63, 3.8) is 0 Å². The molecule has 1 heterocycles. The lowest BCUT2D eigenvalue weighted by Gasteiger charge is -2.01. The molecule has 1 aromatic heterocycles. The van der Waals surface area contributed by atoms with E-state index in [9.17, 15) is 0 Å². The van der Waals surface area contributed by atoms with Crippen LogP contribution in [0.1, 0.15) is 9.56 Å². The van der Waals surface area contributed by atoms with Crippen LogP contribution in [-0.2, 0) is 7.05 Å². The third-order valence-electron chi connectivity index (χ3n) is 2.02. The van der Waals surface area contributed by atoms with Crippen LogP contribution in [0.15, 0.2) is 24.3 Å². The number of hydrogen-bond donors (Lipinski definition) is 0. The Bertz CT molecular complexity index is 434. The Kier molecular flexibility index (Phi) is 2.43. The maximum atomic E-state index is 4.48. The van der Waals surface area contributed by atoms with Crippen LogP contribution in [0.25, 0.3) is 11.0 Å². The van der Waals surface area contributed by atoms with Gasteiger partial charge in [0.05, 0.1) is 11.0 Å². The van der Waals surface area contributed by atoms with Gasteiger partial charge in [-0.15, -0.1) is 0 Å². The molecule has 0 aliphatic rings. The van der Waals surface area contributed by atoms with Gasteiger partial charge in [0.15, 0.2) is 0 Å². The summed E-state index contributed by atoms with van der Waals surface area (Å²) in [5, 5.41) is 0. The Morgan fingerprint density at radius 1 is 1.31 bits per heavy atom. The highest BCUT2D eigenvalue weighted by atomic mass is 79.9. The van der Waals surface area contributed by atoms with Crippen molar-refractivity contribution >= 4 is 42.9 Å². The molecule has 0 spiro atoms. The molecule has 0 atom stereocenters. The number of fused-ring (bicyclic) bond motifs is 1. The lowest BCUT2D eigenvalue weighted by Crippen LogP contribution is -1.95. The average molecular weight is 304 g/mol. The Labute approximate surface area is 93.2 Å². The van der Waals surface area contributed by atoms with Crippen LogP contribution in [0.5, 0.6) is 0 Å². The Hall–Kier alpha value is -0.350. The van der Waals surface area contributed by atoms with Crippen molar-refractivity contribution in [3.8, 4) is 0 Å². The Morgan fingerprint density at radius 3 is 2.62 bits per heavy atom. The number of rotatable bonds is 1. The van der Waals surface area contributed by atoms with Gasteiger partial charge in [-0.05, 0) is 12.1 Å². The van der Waals surface area contributed by atoms with Gasteiger partial charge in [0, 0.05) is 7.05 Å². The summed E-state index contributed by atoms with van der Waals surface area (Å²) in [6.45, 7) is 0. The van der Waals surface area contributed by atoms with Crippen molar-refractivity contribution in [1.82, 2.24) is 9.55 Å². The zero-order valence-electron chi connectivity index (χ0n) is 7.04. The maximum Gasteiger partial charge on any atom is 0.134 e. The molecule has 0 aliphatic heterocycles. The molecule has 0 bridgehead atoms. The van der Waals surface area contributed by atoms with Gasteiger partial charge in [-0.25, -0.2) is 4.98 Å². The first-order valence-corrected chi connectivity index (χ1v) is 5.73. The summed E-state index contributed by atoms with van der Waals surface area (Å²) in [6, 6.07) is 8.09. The third kappa shape index (κ3) is 1.53. The van der Waals surface area contributed by atoms with Crippen molar-refractivity contribution in [3.05, 3.63) is 30.1 Å². The van der Waals surface area contributed by atoms with Crippen LogP contribution in [0.2, 0.25) is 0 Å². The molecule has 4 heteroatoms. The summed E-state index contributed by atoms with van der Waals surface area (Å²) in [7, 11) is 2.01. The fourth-order valence-electron chi connectivity index (χ4n) is 1.36. The monoisotopic (exact) mass is 302 g/mol. The molecular weight excluding hydrogens is 296 g/mol. The van der Waals surface area contributed by atoms with Crippen LogP contribution < -0.4 is 0 Å². The summed E-state index contributed by atoms with van der Waals surface area (Å²) in [5.41, 5.74) is 2.19. The van der Waals surface area contributed by atoms with E-state index in [1.807, 2.05) is 25.2 Å². The van der Waals surface area contributed by atoms with Crippen molar-refractivity contribution in [2.75, 3.05) is 0 Å². The summed E-state index contributed by atoms with van der Waals surface area (Å²) < 4.78 is 2.18. The number of alkyl halides is 2. The number of aryl methyl sites for hydroxylation is 1. The van der Waals surface area contributed by atoms with Gasteiger partial charge in [-0.1, -0.05) is 44.0 Å². The number of hydrogen-bond acceptors (Lipinski definition) is 1. The predicted molar refractivity (Wildman–Crippen MR) is 61.3 cm³/mol. The van der Waals surface area contributed by atoms with Crippen molar-refractivity contribution in [2.24, 2.45) is 7.05 Å². The molecule has 2 rings (SSSR count).